The summed E-state index contributed by atoms with van der Waals surface area (Å²) in [6, 6.07) is 4.93. The summed E-state index contributed by atoms with van der Waals surface area (Å²) < 4.78 is 20.8. The Morgan fingerprint density at radius 2 is 1.93 bits per heavy atom. The summed E-state index contributed by atoms with van der Waals surface area (Å²) >= 11 is 0. The summed E-state index contributed by atoms with van der Waals surface area (Å²) in [6.07, 6.45) is 11.7. The number of ether oxygens (including phenoxy) is 1. The number of carbonyl (C=O) groups is 1. The second-order valence-electron chi connectivity index (χ2n) is 12.5. The van der Waals surface area contributed by atoms with Gasteiger partial charge in [-0.3, -0.25) is 9.89 Å². The molecule has 216 valence electrons. The first-order valence-electron chi connectivity index (χ1n) is 15.3. The van der Waals surface area contributed by atoms with Gasteiger partial charge in [-0.2, -0.15) is 5.10 Å². The molecule has 1 saturated heterocycles. The Morgan fingerprint density at radius 3 is 2.68 bits per heavy atom. The quantitative estimate of drug-likeness (QED) is 0.399. The normalized spacial score (nSPS) is 22.5. The summed E-state index contributed by atoms with van der Waals surface area (Å²) in [7, 11) is 0. The molecule has 41 heavy (non-hydrogen) atoms. The van der Waals surface area contributed by atoms with Gasteiger partial charge in [-0.1, -0.05) is 6.07 Å². The highest BCUT2D eigenvalue weighted by atomic mass is 19.1. The number of benzene rings is 1. The molecule has 1 amide bonds. The zero-order valence-electron chi connectivity index (χ0n) is 23.8. The number of carbonyl (C=O) groups excluding carboxylic acids is 1. The van der Waals surface area contributed by atoms with Crippen molar-refractivity contribution >= 4 is 11.9 Å². The first-order chi connectivity index (χ1) is 20.0. The summed E-state index contributed by atoms with van der Waals surface area (Å²) in [5.74, 6) is 3.79. The Hall–Kier alpha value is -3.49. The Bertz CT molecular complexity index is 1400. The van der Waals surface area contributed by atoms with Crippen LogP contribution in [0.15, 0.2) is 30.6 Å². The van der Waals surface area contributed by atoms with Crippen molar-refractivity contribution in [3.8, 4) is 5.75 Å². The number of nitrogens with one attached hydrogen (secondary N) is 1. The van der Waals surface area contributed by atoms with Gasteiger partial charge in [-0.25, -0.2) is 14.4 Å². The maximum Gasteiger partial charge on any atom is 0.227 e. The molecule has 3 aromatic rings. The number of anilines is 1. The van der Waals surface area contributed by atoms with Gasteiger partial charge in [0.15, 0.2) is 0 Å². The fraction of sp³-hybridized carbons (Fsp3) is 0.562. The van der Waals surface area contributed by atoms with Crippen molar-refractivity contribution in [3.63, 3.8) is 0 Å². The largest absolute Gasteiger partial charge is 0.493 e. The molecular weight excluding hydrogens is 519 g/mol. The Morgan fingerprint density at radius 1 is 1.12 bits per heavy atom. The monoisotopic (exact) mass is 558 g/mol. The lowest BCUT2D eigenvalue weighted by molar-refractivity contribution is -0.131. The molecule has 2 aliphatic carbocycles. The van der Waals surface area contributed by atoms with E-state index >= 15 is 0 Å². The van der Waals surface area contributed by atoms with Crippen LogP contribution in [0.3, 0.4) is 0 Å². The van der Waals surface area contributed by atoms with E-state index in [1.54, 1.807) is 12.1 Å². The first-order valence-corrected chi connectivity index (χ1v) is 15.3. The van der Waals surface area contributed by atoms with E-state index in [9.17, 15) is 9.18 Å². The number of rotatable bonds is 9. The van der Waals surface area contributed by atoms with E-state index in [0.717, 1.165) is 55.0 Å². The fourth-order valence-corrected chi connectivity index (χ4v) is 6.87. The molecule has 0 bridgehead atoms. The molecule has 2 atom stereocenters. The SMILES string of the molecule is Cc1cnc(N2CCC([C@H]3C[C@H]3CCOc3ccc(CC(=O)N4CCc5c(C6CC6)n[nH]c5C4)c(F)c3)CC2)nc1. The van der Waals surface area contributed by atoms with Crippen molar-refractivity contribution in [1.29, 1.82) is 0 Å². The third kappa shape index (κ3) is 5.81. The zero-order chi connectivity index (χ0) is 27.9. The summed E-state index contributed by atoms with van der Waals surface area (Å²) in [5, 5.41) is 7.64. The van der Waals surface area contributed by atoms with Crippen LogP contribution in [-0.4, -0.2) is 57.2 Å². The van der Waals surface area contributed by atoms with Gasteiger partial charge in [-0.05, 0) is 86.8 Å². The lowest BCUT2D eigenvalue weighted by Crippen LogP contribution is -2.37. The lowest BCUT2D eigenvalue weighted by atomic mass is 9.90. The van der Waals surface area contributed by atoms with E-state index < -0.39 is 0 Å². The number of H-pyrrole nitrogens is 1. The van der Waals surface area contributed by atoms with Crippen LogP contribution in [-0.2, 0) is 24.2 Å². The van der Waals surface area contributed by atoms with E-state index in [0.29, 0.717) is 42.8 Å². The molecule has 7 rings (SSSR count). The molecule has 2 saturated carbocycles. The number of piperidine rings is 1. The van der Waals surface area contributed by atoms with Gasteiger partial charge >= 0.3 is 0 Å². The van der Waals surface area contributed by atoms with Gasteiger partial charge in [0.1, 0.15) is 11.6 Å². The van der Waals surface area contributed by atoms with Crippen LogP contribution >= 0.6 is 0 Å². The zero-order valence-corrected chi connectivity index (χ0v) is 23.8. The molecule has 9 heteroatoms. The van der Waals surface area contributed by atoms with Crippen LogP contribution in [0.4, 0.5) is 10.3 Å². The molecule has 8 nitrogen and oxygen atoms in total. The minimum absolute atomic E-state index is 0.0530. The summed E-state index contributed by atoms with van der Waals surface area (Å²) in [4.78, 5) is 26.0. The molecule has 0 spiro atoms. The number of hydrogen-bond acceptors (Lipinski definition) is 6. The van der Waals surface area contributed by atoms with Crippen LogP contribution in [0.25, 0.3) is 0 Å². The number of amides is 1. The third-order valence-electron chi connectivity index (χ3n) is 9.58. The van der Waals surface area contributed by atoms with E-state index in [-0.39, 0.29) is 18.1 Å². The predicted octanol–water partition coefficient (Wildman–Crippen LogP) is 4.97. The molecule has 1 N–H and O–H groups in total. The van der Waals surface area contributed by atoms with Gasteiger partial charge in [0.2, 0.25) is 11.9 Å². The van der Waals surface area contributed by atoms with E-state index in [1.165, 1.54) is 49.4 Å². The van der Waals surface area contributed by atoms with Crippen LogP contribution in [0.2, 0.25) is 0 Å². The van der Waals surface area contributed by atoms with E-state index in [2.05, 4.69) is 25.1 Å². The predicted molar refractivity (Wildman–Crippen MR) is 153 cm³/mol. The minimum Gasteiger partial charge on any atom is -0.493 e. The maximum absolute atomic E-state index is 14.9. The Labute approximate surface area is 240 Å². The average molecular weight is 559 g/mol. The first kappa shape index (κ1) is 26.4. The van der Waals surface area contributed by atoms with Crippen molar-refractivity contribution in [1.82, 2.24) is 25.1 Å². The molecule has 1 aromatic carbocycles. The minimum atomic E-state index is -0.375. The molecule has 0 radical (unpaired) electrons. The van der Waals surface area contributed by atoms with Gasteiger partial charge in [0.25, 0.3) is 0 Å². The molecule has 2 aromatic heterocycles. The maximum atomic E-state index is 14.9. The van der Waals surface area contributed by atoms with Crippen LogP contribution in [0.1, 0.15) is 72.5 Å². The molecule has 3 fully saturated rings. The van der Waals surface area contributed by atoms with Crippen molar-refractivity contribution < 1.29 is 13.9 Å². The van der Waals surface area contributed by atoms with Crippen molar-refractivity contribution in [2.75, 3.05) is 31.1 Å². The number of nitrogens with zero attached hydrogens (tertiary/aromatic N) is 5. The second kappa shape index (κ2) is 11.1. The average Bonchev–Trinajstić information content (AvgIpc) is 3.93. The number of fused-ring (bicyclic) bond motifs is 1. The molecule has 4 heterocycles. The summed E-state index contributed by atoms with van der Waals surface area (Å²) in [6.45, 7) is 5.83. The van der Waals surface area contributed by atoms with Gasteiger partial charge < -0.3 is 14.5 Å². The number of halogens is 1. The fourth-order valence-electron chi connectivity index (χ4n) is 6.87. The van der Waals surface area contributed by atoms with Crippen molar-refractivity contribution in [2.24, 2.45) is 17.8 Å². The van der Waals surface area contributed by atoms with Crippen molar-refractivity contribution in [3.05, 3.63) is 64.5 Å². The Kier molecular flexibility index (Phi) is 7.13. The molecular formula is C32H39FN6O2. The number of aromatic amines is 1. The number of hydrogen-bond donors (Lipinski definition) is 1. The third-order valence-corrected chi connectivity index (χ3v) is 9.58. The Balaban J connectivity index is 0.840. The molecule has 0 unspecified atom stereocenters. The lowest BCUT2D eigenvalue weighted by Gasteiger charge is -2.32. The van der Waals surface area contributed by atoms with Crippen molar-refractivity contribution in [2.45, 2.75) is 70.8 Å². The standard InChI is InChI=1S/C32H39FN6O2/c1-20-17-34-32(35-18-20)38-10-6-21(7-11-38)27-14-23(27)9-13-41-25-5-4-24(28(33)16-25)15-30(40)39-12-8-26-29(19-39)36-37-31(26)22-2-3-22/h4-5,16-18,21-23,27H,2-3,6-15,19H2,1H3,(H,36,37)/t23-,27-/m1/s1. The highest BCUT2D eigenvalue weighted by molar-refractivity contribution is 5.79. The topological polar surface area (TPSA) is 87.2 Å². The molecule has 2 aliphatic heterocycles. The highest BCUT2D eigenvalue weighted by Gasteiger charge is 2.43. The summed E-state index contributed by atoms with van der Waals surface area (Å²) in [5.41, 5.74) is 5.03. The van der Waals surface area contributed by atoms with E-state index in [4.69, 9.17) is 4.74 Å². The smallest absolute Gasteiger partial charge is 0.227 e. The second-order valence-corrected chi connectivity index (χ2v) is 12.5. The van der Waals surface area contributed by atoms with Crippen LogP contribution < -0.4 is 9.64 Å². The number of aromatic nitrogens is 4. The van der Waals surface area contributed by atoms with Gasteiger partial charge in [0.05, 0.1) is 31.0 Å². The van der Waals surface area contributed by atoms with Gasteiger partial charge in [0, 0.05) is 49.6 Å². The van der Waals surface area contributed by atoms with Gasteiger partial charge in [-0.15, -0.1) is 0 Å². The van der Waals surface area contributed by atoms with E-state index in [1.807, 2.05) is 24.2 Å². The number of aryl methyl sites for hydroxylation is 1. The van der Waals surface area contributed by atoms with Crippen LogP contribution in [0, 0.1) is 30.5 Å². The molecule has 4 aliphatic rings. The highest BCUT2D eigenvalue weighted by Crippen LogP contribution is 2.50. The van der Waals surface area contributed by atoms with Crippen LogP contribution in [0.5, 0.6) is 5.75 Å².